The number of hydrogen-bond donors (Lipinski definition) is 2. The normalized spacial score (nSPS) is 12.8. The minimum absolute atomic E-state index is 0.667. The molecule has 0 aliphatic rings. The summed E-state index contributed by atoms with van der Waals surface area (Å²) in [5.74, 6) is 0.671. The number of imidazole rings is 1. The second-order valence-electron chi connectivity index (χ2n) is 6.07. The van der Waals surface area contributed by atoms with Gasteiger partial charge < -0.3 is 4.98 Å². The van der Waals surface area contributed by atoms with Crippen LogP contribution in [0, 0.1) is 6.92 Å². The van der Waals surface area contributed by atoms with Crippen LogP contribution in [0.5, 0.6) is 0 Å². The molecule has 0 radical (unpaired) electrons. The minimum atomic E-state index is 0.667. The predicted octanol–water partition coefficient (Wildman–Crippen LogP) is 2.35. The molecule has 2 N–H and O–H groups in total. The van der Waals surface area contributed by atoms with E-state index in [9.17, 15) is 0 Å². The zero-order chi connectivity index (χ0) is 18.1. The van der Waals surface area contributed by atoms with Gasteiger partial charge in [0.05, 0.1) is 10.9 Å². The van der Waals surface area contributed by atoms with Crippen LogP contribution in [0.4, 0.5) is 0 Å². The van der Waals surface area contributed by atoms with Crippen LogP contribution in [-0.2, 0) is 0 Å². The highest BCUT2D eigenvalue weighted by Crippen LogP contribution is 2.16. The lowest BCUT2D eigenvalue weighted by atomic mass is 10.1. The van der Waals surface area contributed by atoms with Crippen LogP contribution in [0.15, 0.2) is 43.4 Å². The summed E-state index contributed by atoms with van der Waals surface area (Å²) < 4.78 is 0. The molecular formula is C20H18N6. The van der Waals surface area contributed by atoms with Crippen LogP contribution in [0.3, 0.4) is 0 Å². The summed E-state index contributed by atoms with van der Waals surface area (Å²) in [4.78, 5) is 16.4. The molecule has 0 fully saturated rings. The number of aromatic nitrogens is 6. The topological polar surface area (TPSA) is 83.1 Å². The van der Waals surface area contributed by atoms with E-state index >= 15 is 0 Å². The molecule has 0 bridgehead atoms. The van der Waals surface area contributed by atoms with E-state index in [1.54, 1.807) is 6.20 Å². The fraction of sp³-hybridized carbons (Fsp3) is 0.100. The Hall–Kier alpha value is -3.54. The number of pyridine rings is 2. The Balaban J connectivity index is 1.88. The molecule has 0 aliphatic heterocycles. The average molecular weight is 342 g/mol. The monoisotopic (exact) mass is 342 g/mol. The highest BCUT2D eigenvalue weighted by molar-refractivity contribution is 5.88. The minimum Gasteiger partial charge on any atom is -0.335 e. The van der Waals surface area contributed by atoms with Crippen molar-refractivity contribution in [2.45, 2.75) is 13.8 Å². The number of nitrogens with zero attached hydrogens (tertiary/aromatic N) is 4. The molecular weight excluding hydrogens is 324 g/mol. The van der Waals surface area contributed by atoms with Crippen molar-refractivity contribution in [2.24, 2.45) is 0 Å². The van der Waals surface area contributed by atoms with Gasteiger partial charge in [-0.3, -0.25) is 10.1 Å². The number of aromatic amines is 2. The highest BCUT2D eigenvalue weighted by Gasteiger charge is 2.11. The van der Waals surface area contributed by atoms with Crippen molar-refractivity contribution >= 4 is 28.9 Å². The van der Waals surface area contributed by atoms with Crippen molar-refractivity contribution in [3.63, 3.8) is 0 Å². The zero-order valence-corrected chi connectivity index (χ0v) is 14.6. The third-order valence-electron chi connectivity index (χ3n) is 4.17. The summed E-state index contributed by atoms with van der Waals surface area (Å²) in [6, 6.07) is 5.88. The highest BCUT2D eigenvalue weighted by atomic mass is 15.1. The Morgan fingerprint density at radius 1 is 1.27 bits per heavy atom. The van der Waals surface area contributed by atoms with Crippen molar-refractivity contribution in [1.29, 1.82) is 0 Å². The number of aryl methyl sites for hydroxylation is 1. The van der Waals surface area contributed by atoms with Crippen LogP contribution in [0.2, 0.25) is 0 Å². The summed E-state index contributed by atoms with van der Waals surface area (Å²) in [6.45, 7) is 8.18. The third-order valence-corrected chi connectivity index (χ3v) is 4.17. The first kappa shape index (κ1) is 16.0. The van der Waals surface area contributed by atoms with Gasteiger partial charge in [-0.2, -0.15) is 5.10 Å². The van der Waals surface area contributed by atoms with Gasteiger partial charge in [0.25, 0.3) is 0 Å². The lowest BCUT2D eigenvalue weighted by Gasteiger charge is -2.01. The van der Waals surface area contributed by atoms with E-state index in [2.05, 4.69) is 42.8 Å². The Morgan fingerprint density at radius 2 is 2.15 bits per heavy atom. The van der Waals surface area contributed by atoms with E-state index in [1.807, 2.05) is 50.5 Å². The Labute approximate surface area is 150 Å². The quantitative estimate of drug-likeness (QED) is 0.599. The van der Waals surface area contributed by atoms with E-state index in [4.69, 9.17) is 0 Å². The van der Waals surface area contributed by atoms with E-state index in [-0.39, 0.29) is 0 Å². The molecule has 0 atom stereocenters. The summed E-state index contributed by atoms with van der Waals surface area (Å²) in [7, 11) is 0. The van der Waals surface area contributed by atoms with Crippen molar-refractivity contribution < 1.29 is 0 Å². The maximum absolute atomic E-state index is 4.56. The van der Waals surface area contributed by atoms with Crippen LogP contribution < -0.4 is 10.6 Å². The Bertz CT molecular complexity index is 1200. The van der Waals surface area contributed by atoms with Crippen molar-refractivity contribution in [1.82, 2.24) is 30.1 Å². The largest absolute Gasteiger partial charge is 0.335 e. The summed E-state index contributed by atoms with van der Waals surface area (Å²) in [5.41, 5.74) is 5.21. The van der Waals surface area contributed by atoms with Crippen LogP contribution in [-0.4, -0.2) is 30.1 Å². The first-order chi connectivity index (χ1) is 12.7. The van der Waals surface area contributed by atoms with Crippen molar-refractivity contribution in [2.75, 3.05) is 0 Å². The van der Waals surface area contributed by atoms with Gasteiger partial charge in [-0.05, 0) is 54.8 Å². The molecule has 26 heavy (non-hydrogen) atoms. The number of H-pyrrole nitrogens is 2. The van der Waals surface area contributed by atoms with Gasteiger partial charge in [-0.1, -0.05) is 12.7 Å². The third kappa shape index (κ3) is 2.82. The van der Waals surface area contributed by atoms with Gasteiger partial charge in [0.1, 0.15) is 5.69 Å². The summed E-state index contributed by atoms with van der Waals surface area (Å²) >= 11 is 0. The molecule has 0 aromatic carbocycles. The average Bonchev–Trinajstić information content (AvgIpc) is 3.24. The van der Waals surface area contributed by atoms with E-state index in [0.29, 0.717) is 11.5 Å². The number of nitrogens with one attached hydrogen (secondary N) is 2. The van der Waals surface area contributed by atoms with Gasteiger partial charge in [0, 0.05) is 23.8 Å². The second kappa shape index (κ2) is 6.40. The first-order valence-electron chi connectivity index (χ1n) is 8.30. The molecule has 4 aromatic rings. The molecule has 0 amide bonds. The summed E-state index contributed by atoms with van der Waals surface area (Å²) in [6.07, 6.45) is 9.34. The molecule has 4 rings (SSSR count). The van der Waals surface area contributed by atoms with Gasteiger partial charge in [-0.15, -0.1) is 0 Å². The fourth-order valence-electron chi connectivity index (χ4n) is 2.86. The lowest BCUT2D eigenvalue weighted by Crippen LogP contribution is -2.23. The number of hydrogen-bond acceptors (Lipinski definition) is 4. The lowest BCUT2D eigenvalue weighted by molar-refractivity contribution is 1.05. The molecule has 0 spiro atoms. The molecule has 128 valence electrons. The van der Waals surface area contributed by atoms with E-state index in [1.165, 1.54) is 0 Å². The maximum Gasteiger partial charge on any atom is 0.178 e. The fourth-order valence-corrected chi connectivity index (χ4v) is 2.86. The van der Waals surface area contributed by atoms with Crippen LogP contribution in [0.25, 0.3) is 40.4 Å². The molecule has 0 aliphatic carbocycles. The zero-order valence-electron chi connectivity index (χ0n) is 14.6. The summed E-state index contributed by atoms with van der Waals surface area (Å²) in [5, 5.41) is 9.35. The predicted molar refractivity (Wildman–Crippen MR) is 103 cm³/mol. The molecule has 0 unspecified atom stereocenters. The van der Waals surface area contributed by atoms with Gasteiger partial charge in [-0.25, -0.2) is 9.97 Å². The first-order valence-corrected chi connectivity index (χ1v) is 8.30. The van der Waals surface area contributed by atoms with Gasteiger partial charge in [0.15, 0.2) is 11.5 Å². The molecule has 0 saturated carbocycles. The number of rotatable bonds is 3. The van der Waals surface area contributed by atoms with Crippen LogP contribution in [0.1, 0.15) is 18.1 Å². The second-order valence-corrected chi connectivity index (χ2v) is 6.07. The molecule has 6 nitrogen and oxygen atoms in total. The van der Waals surface area contributed by atoms with Gasteiger partial charge in [0.2, 0.25) is 0 Å². The SMILES string of the molecule is C=C(/C=c1/c(-c2nc3ncccc3[nH]2)n[nH]/c1=C/C)c1cncc(C)c1. The van der Waals surface area contributed by atoms with E-state index in [0.717, 1.165) is 38.5 Å². The molecule has 4 aromatic heterocycles. The standard InChI is InChI=1S/C20H18N6/c1-4-16-15(9-13(3)14-8-12(2)10-21-11-14)18(26-25-16)20-23-17-6-5-7-22-19(17)24-20/h4-11,25H,3H2,1-2H3,(H,22,23,24)/b15-9+,16-4+. The van der Waals surface area contributed by atoms with Gasteiger partial charge >= 0.3 is 0 Å². The van der Waals surface area contributed by atoms with Crippen molar-refractivity contribution in [3.05, 3.63) is 65.1 Å². The maximum atomic E-state index is 4.56. The molecule has 4 heterocycles. The Kier molecular flexibility index (Phi) is 3.93. The smallest absolute Gasteiger partial charge is 0.178 e. The van der Waals surface area contributed by atoms with Crippen LogP contribution >= 0.6 is 0 Å². The van der Waals surface area contributed by atoms with E-state index < -0.39 is 0 Å². The Morgan fingerprint density at radius 3 is 2.92 bits per heavy atom. The molecule has 6 heteroatoms. The number of fused-ring (bicyclic) bond motifs is 1. The number of allylic oxidation sites excluding steroid dienone is 1. The van der Waals surface area contributed by atoms with Crippen molar-refractivity contribution in [3.8, 4) is 11.5 Å². The molecule has 0 saturated heterocycles.